The lowest BCUT2D eigenvalue weighted by Crippen LogP contribution is -2.39. The summed E-state index contributed by atoms with van der Waals surface area (Å²) in [6.45, 7) is 2.01. The Labute approximate surface area is 207 Å². The van der Waals surface area contributed by atoms with Gasteiger partial charge in [0.15, 0.2) is 0 Å². The van der Waals surface area contributed by atoms with Crippen molar-refractivity contribution in [2.24, 2.45) is 0 Å². The summed E-state index contributed by atoms with van der Waals surface area (Å²) in [6, 6.07) is 11.7. The number of carbonyl (C=O) groups is 1. The Morgan fingerprint density at radius 2 is 1.97 bits per heavy atom. The van der Waals surface area contributed by atoms with Gasteiger partial charge in [-0.1, -0.05) is 11.2 Å². The minimum absolute atomic E-state index is 0.0465. The van der Waals surface area contributed by atoms with Crippen molar-refractivity contribution in [3.05, 3.63) is 87.9 Å². The second kappa shape index (κ2) is 10.1. The molecular weight excluding hydrogens is 461 g/mol. The number of methoxy groups -OCH3 is 1. The molecule has 8 heteroatoms. The first-order valence-electron chi connectivity index (χ1n) is 12.1. The number of pyridine rings is 1. The Balaban J connectivity index is 1.35. The number of aryl methyl sites for hydroxylation is 1. The Bertz CT molecular complexity index is 1470. The van der Waals surface area contributed by atoms with E-state index in [0.29, 0.717) is 10.9 Å². The molecule has 0 radical (unpaired) electrons. The number of carbonyl (C=O) groups excluding carboxylic acids is 1. The zero-order valence-electron chi connectivity index (χ0n) is 20.3. The third-order valence-electron chi connectivity index (χ3n) is 6.95. The number of fused-ring (bicyclic) bond motifs is 1. The molecule has 0 aliphatic heterocycles. The lowest BCUT2D eigenvalue weighted by atomic mass is 9.92. The molecule has 4 aromatic rings. The fraction of sp³-hybridized carbons (Fsp3) is 0.321. The second-order valence-electron chi connectivity index (χ2n) is 9.40. The smallest absolute Gasteiger partial charge is 0.258 e. The molecule has 1 aliphatic carbocycles. The fourth-order valence-corrected chi connectivity index (χ4v) is 4.93. The highest BCUT2D eigenvalue weighted by Crippen LogP contribution is 2.26. The molecule has 0 spiro atoms. The molecule has 186 valence electrons. The topological polar surface area (TPSA) is 86.4 Å². The van der Waals surface area contributed by atoms with Crippen molar-refractivity contribution in [1.29, 1.82) is 0 Å². The van der Waals surface area contributed by atoms with Gasteiger partial charge in [0.1, 0.15) is 12.1 Å². The molecular formula is C28H28FN3O4. The van der Waals surface area contributed by atoms with Crippen molar-refractivity contribution in [2.45, 2.75) is 51.3 Å². The number of benzene rings is 2. The summed E-state index contributed by atoms with van der Waals surface area (Å²) in [5.41, 5.74) is 3.17. The van der Waals surface area contributed by atoms with Gasteiger partial charge in [0.2, 0.25) is 0 Å². The van der Waals surface area contributed by atoms with Crippen molar-refractivity contribution < 1.29 is 18.4 Å². The van der Waals surface area contributed by atoms with Gasteiger partial charge in [-0.3, -0.25) is 9.59 Å². The summed E-state index contributed by atoms with van der Waals surface area (Å²) in [6.07, 6.45) is 6.95. The molecule has 5 rings (SSSR count). The van der Waals surface area contributed by atoms with Crippen molar-refractivity contribution in [3.8, 4) is 11.1 Å². The van der Waals surface area contributed by atoms with Crippen LogP contribution in [0.4, 0.5) is 4.39 Å². The minimum Gasteiger partial charge on any atom is -0.381 e. The first-order valence-corrected chi connectivity index (χ1v) is 12.1. The van der Waals surface area contributed by atoms with Crippen LogP contribution in [0.25, 0.3) is 21.9 Å². The molecule has 36 heavy (non-hydrogen) atoms. The van der Waals surface area contributed by atoms with Crippen molar-refractivity contribution in [3.63, 3.8) is 0 Å². The number of nitrogens with one attached hydrogen (secondary N) is 1. The Hall–Kier alpha value is -3.78. The third kappa shape index (κ3) is 4.95. The van der Waals surface area contributed by atoms with Gasteiger partial charge in [0, 0.05) is 35.9 Å². The molecule has 2 aromatic carbocycles. The molecule has 0 saturated heterocycles. The summed E-state index contributed by atoms with van der Waals surface area (Å²) in [5, 5.41) is 8.27. The lowest BCUT2D eigenvalue weighted by Gasteiger charge is -2.28. The van der Waals surface area contributed by atoms with E-state index in [-0.39, 0.29) is 35.7 Å². The van der Waals surface area contributed by atoms with Gasteiger partial charge in [-0.05, 0) is 85.5 Å². The Morgan fingerprint density at radius 3 is 2.69 bits per heavy atom. The van der Waals surface area contributed by atoms with E-state index in [4.69, 9.17) is 9.26 Å². The zero-order valence-corrected chi connectivity index (χ0v) is 20.3. The normalized spacial score (nSPS) is 17.9. The maximum absolute atomic E-state index is 14.4. The van der Waals surface area contributed by atoms with Gasteiger partial charge in [0.05, 0.1) is 18.3 Å². The molecule has 0 unspecified atom stereocenters. The Kier molecular flexibility index (Phi) is 6.69. The van der Waals surface area contributed by atoms with Gasteiger partial charge in [-0.25, -0.2) is 4.39 Å². The van der Waals surface area contributed by atoms with E-state index in [9.17, 15) is 14.0 Å². The summed E-state index contributed by atoms with van der Waals surface area (Å²) in [7, 11) is 1.70. The molecule has 2 aromatic heterocycles. The van der Waals surface area contributed by atoms with E-state index in [0.717, 1.165) is 47.9 Å². The number of ether oxygens (including phenoxy) is 1. The van der Waals surface area contributed by atoms with Crippen LogP contribution in [-0.2, 0) is 11.3 Å². The van der Waals surface area contributed by atoms with E-state index >= 15 is 0 Å². The third-order valence-corrected chi connectivity index (χ3v) is 6.95. The van der Waals surface area contributed by atoms with E-state index in [2.05, 4.69) is 10.5 Å². The predicted octanol–water partition coefficient (Wildman–Crippen LogP) is 4.84. The quantitative estimate of drug-likeness (QED) is 0.419. The minimum atomic E-state index is -0.511. The van der Waals surface area contributed by atoms with Gasteiger partial charge in [-0.15, -0.1) is 0 Å². The number of hydrogen-bond acceptors (Lipinski definition) is 5. The summed E-state index contributed by atoms with van der Waals surface area (Å²) < 4.78 is 26.4. The van der Waals surface area contributed by atoms with Gasteiger partial charge >= 0.3 is 0 Å². The number of amides is 1. The average molecular weight is 490 g/mol. The molecule has 2 heterocycles. The SMILES string of the molecule is COC1CCC(NC(=O)c2cc(F)cc(Cn3ccc4cc(-c5conc5C)ccc4c3=O)c2)CC1. The predicted molar refractivity (Wildman–Crippen MR) is 134 cm³/mol. The number of nitrogens with zero attached hydrogens (tertiary/aromatic N) is 2. The van der Waals surface area contributed by atoms with Crippen LogP contribution in [0.3, 0.4) is 0 Å². The first-order chi connectivity index (χ1) is 17.4. The number of hydrogen-bond donors (Lipinski definition) is 1. The maximum atomic E-state index is 14.4. The molecule has 0 bridgehead atoms. The molecule has 1 saturated carbocycles. The van der Waals surface area contributed by atoms with Crippen LogP contribution in [0.2, 0.25) is 0 Å². The van der Waals surface area contributed by atoms with Gasteiger partial charge < -0.3 is 19.1 Å². The maximum Gasteiger partial charge on any atom is 0.258 e. The second-order valence-corrected chi connectivity index (χ2v) is 9.40. The van der Waals surface area contributed by atoms with Gasteiger partial charge in [-0.2, -0.15) is 0 Å². The average Bonchev–Trinajstić information content (AvgIpc) is 3.31. The summed E-state index contributed by atoms with van der Waals surface area (Å²) in [5.74, 6) is -0.817. The summed E-state index contributed by atoms with van der Waals surface area (Å²) >= 11 is 0. The molecule has 0 atom stereocenters. The van der Waals surface area contributed by atoms with Crippen LogP contribution in [0.5, 0.6) is 0 Å². The van der Waals surface area contributed by atoms with E-state index < -0.39 is 5.82 Å². The highest BCUT2D eigenvalue weighted by molar-refractivity contribution is 5.94. The standard InChI is InChI=1S/C28H28FN3O4/c1-17-26(16-36-31-17)19-3-8-25-20(13-19)9-10-32(28(25)34)15-18-11-21(14-22(29)12-18)27(33)30-23-4-6-24(35-2)7-5-23/h3,8-14,16,23-24H,4-7,15H2,1-2H3,(H,30,33). The monoisotopic (exact) mass is 489 g/mol. The van der Waals surface area contributed by atoms with Crippen LogP contribution in [-0.4, -0.2) is 34.9 Å². The molecule has 7 nitrogen and oxygen atoms in total. The molecule has 1 aliphatic rings. The number of rotatable bonds is 6. The van der Waals surface area contributed by atoms with Crippen molar-refractivity contribution in [1.82, 2.24) is 15.0 Å². The number of aromatic nitrogens is 2. The van der Waals surface area contributed by atoms with Gasteiger partial charge in [0.25, 0.3) is 11.5 Å². The largest absolute Gasteiger partial charge is 0.381 e. The fourth-order valence-electron chi connectivity index (χ4n) is 4.93. The van der Waals surface area contributed by atoms with Crippen LogP contribution in [0, 0.1) is 12.7 Å². The van der Waals surface area contributed by atoms with E-state index in [1.165, 1.54) is 16.7 Å². The van der Waals surface area contributed by atoms with Crippen LogP contribution < -0.4 is 10.9 Å². The van der Waals surface area contributed by atoms with Crippen LogP contribution in [0.1, 0.15) is 47.3 Å². The van der Waals surface area contributed by atoms with Crippen LogP contribution in [0.15, 0.2) is 64.2 Å². The molecule has 1 N–H and O–H groups in total. The molecule has 1 amide bonds. The van der Waals surface area contributed by atoms with E-state index in [1.807, 2.05) is 25.1 Å². The van der Waals surface area contributed by atoms with Crippen molar-refractivity contribution >= 4 is 16.7 Å². The highest BCUT2D eigenvalue weighted by Gasteiger charge is 2.23. The first kappa shape index (κ1) is 23.9. The molecule has 1 fully saturated rings. The Morgan fingerprint density at radius 1 is 1.17 bits per heavy atom. The lowest BCUT2D eigenvalue weighted by molar-refractivity contribution is 0.0599. The zero-order chi connectivity index (χ0) is 25.2. The summed E-state index contributed by atoms with van der Waals surface area (Å²) in [4.78, 5) is 26.0. The van der Waals surface area contributed by atoms with E-state index in [1.54, 1.807) is 31.7 Å². The highest BCUT2D eigenvalue weighted by atomic mass is 19.1. The van der Waals surface area contributed by atoms with Crippen molar-refractivity contribution in [2.75, 3.05) is 7.11 Å². The van der Waals surface area contributed by atoms with Crippen LogP contribution >= 0.6 is 0 Å². The number of halogens is 1.